The summed E-state index contributed by atoms with van der Waals surface area (Å²) in [6.07, 6.45) is 4.98. The molecule has 0 heterocycles. The van der Waals surface area contributed by atoms with Gasteiger partial charge in [0.1, 0.15) is 12.9 Å². The van der Waals surface area contributed by atoms with Crippen LogP contribution in [0.15, 0.2) is 42.5 Å². The van der Waals surface area contributed by atoms with E-state index in [0.717, 1.165) is 5.56 Å². The van der Waals surface area contributed by atoms with Crippen LogP contribution in [0.2, 0.25) is 0 Å². The van der Waals surface area contributed by atoms with Gasteiger partial charge in [-0.15, -0.1) is 0 Å². The van der Waals surface area contributed by atoms with Crippen LogP contribution in [0, 0.1) is 16.7 Å². The molecule has 0 saturated carbocycles. The van der Waals surface area contributed by atoms with Gasteiger partial charge in [0.2, 0.25) is 0 Å². The molecule has 0 aliphatic heterocycles. The maximum atomic E-state index is 12.3. The minimum absolute atomic E-state index is 0.115. The Labute approximate surface area is 125 Å². The van der Waals surface area contributed by atoms with Crippen molar-refractivity contribution in [1.29, 1.82) is 5.26 Å². The third-order valence-electron chi connectivity index (χ3n) is 3.07. The maximum Gasteiger partial charge on any atom is 0.330 e. The van der Waals surface area contributed by atoms with Crippen molar-refractivity contribution in [1.82, 2.24) is 0 Å². The van der Waals surface area contributed by atoms with Gasteiger partial charge < -0.3 is 9.53 Å². The lowest BCUT2D eigenvalue weighted by Crippen LogP contribution is -2.29. The first-order chi connectivity index (χ1) is 10.2. The van der Waals surface area contributed by atoms with Crippen LogP contribution in [0.5, 0.6) is 0 Å². The molecule has 0 spiro atoms. The third kappa shape index (κ3) is 4.88. The maximum absolute atomic E-state index is 12.3. The summed E-state index contributed by atoms with van der Waals surface area (Å²) in [5.74, 6) is -0.611. The monoisotopic (exact) mass is 285 g/mol. The van der Waals surface area contributed by atoms with E-state index in [9.17, 15) is 14.9 Å². The molecule has 0 aliphatic carbocycles. The van der Waals surface area contributed by atoms with E-state index in [2.05, 4.69) is 0 Å². The van der Waals surface area contributed by atoms with Crippen molar-refractivity contribution in [2.45, 2.75) is 32.8 Å². The summed E-state index contributed by atoms with van der Waals surface area (Å²) in [5.41, 5.74) is -0.529. The molecule has 1 atom stereocenters. The number of rotatable bonds is 8. The largest absolute Gasteiger partial charge is 0.459 e. The highest BCUT2D eigenvalue weighted by Crippen LogP contribution is 2.27. The van der Waals surface area contributed by atoms with Crippen molar-refractivity contribution in [3.8, 4) is 6.07 Å². The van der Waals surface area contributed by atoms with Crippen molar-refractivity contribution in [2.75, 3.05) is 0 Å². The zero-order valence-electron chi connectivity index (χ0n) is 12.1. The number of hydrogen-bond donors (Lipinski definition) is 0. The van der Waals surface area contributed by atoms with Crippen molar-refractivity contribution >= 4 is 12.3 Å². The lowest BCUT2D eigenvalue weighted by molar-refractivity contribution is -0.151. The van der Waals surface area contributed by atoms with Crippen molar-refractivity contribution < 1.29 is 14.3 Å². The second kappa shape index (κ2) is 8.70. The predicted octanol–water partition coefficient (Wildman–Crippen LogP) is 3.19. The summed E-state index contributed by atoms with van der Waals surface area (Å²) >= 11 is 0. The van der Waals surface area contributed by atoms with Gasteiger partial charge in [-0.2, -0.15) is 5.26 Å². The third-order valence-corrected chi connectivity index (χ3v) is 3.07. The van der Waals surface area contributed by atoms with Crippen molar-refractivity contribution in [3.63, 3.8) is 0 Å². The van der Waals surface area contributed by atoms with E-state index in [-0.39, 0.29) is 19.4 Å². The molecular formula is C17H19NO3. The normalized spacial score (nSPS) is 13.3. The van der Waals surface area contributed by atoms with Crippen LogP contribution in [0.1, 0.15) is 31.7 Å². The Bertz CT molecular complexity index is 531. The summed E-state index contributed by atoms with van der Waals surface area (Å²) in [4.78, 5) is 22.8. The first kappa shape index (κ1) is 16.6. The van der Waals surface area contributed by atoms with Gasteiger partial charge in [-0.3, -0.25) is 0 Å². The van der Waals surface area contributed by atoms with Crippen LogP contribution in [0.4, 0.5) is 0 Å². The van der Waals surface area contributed by atoms with E-state index < -0.39 is 11.4 Å². The molecule has 0 bridgehead atoms. The SMILES string of the molecule is CC/C=C/C(C#N)(CCC=O)C(=O)OCc1ccccc1. The molecule has 1 aromatic carbocycles. The van der Waals surface area contributed by atoms with Crippen molar-refractivity contribution in [3.05, 3.63) is 48.0 Å². The van der Waals surface area contributed by atoms with E-state index >= 15 is 0 Å². The predicted molar refractivity (Wildman–Crippen MR) is 79.0 cm³/mol. The smallest absolute Gasteiger partial charge is 0.330 e. The van der Waals surface area contributed by atoms with Crippen molar-refractivity contribution in [2.24, 2.45) is 5.41 Å². The number of ether oxygens (including phenoxy) is 1. The Morgan fingerprint density at radius 2 is 2.10 bits per heavy atom. The highest BCUT2D eigenvalue weighted by Gasteiger charge is 2.37. The molecule has 0 fully saturated rings. The Morgan fingerprint density at radius 1 is 1.38 bits per heavy atom. The zero-order valence-corrected chi connectivity index (χ0v) is 12.1. The average Bonchev–Trinajstić information content (AvgIpc) is 2.54. The number of carbonyl (C=O) groups is 2. The summed E-state index contributed by atoms with van der Waals surface area (Å²) in [6.45, 7) is 2.03. The minimum atomic E-state index is -1.38. The molecule has 0 saturated heterocycles. The Morgan fingerprint density at radius 3 is 2.67 bits per heavy atom. The van der Waals surface area contributed by atoms with E-state index in [0.29, 0.717) is 12.7 Å². The number of hydrogen-bond acceptors (Lipinski definition) is 4. The summed E-state index contributed by atoms with van der Waals surface area (Å²) in [5, 5.41) is 9.38. The lowest BCUT2D eigenvalue weighted by atomic mass is 9.84. The van der Waals surface area contributed by atoms with Gasteiger partial charge in [-0.1, -0.05) is 49.4 Å². The molecule has 0 radical (unpaired) electrons. The molecule has 1 aromatic rings. The molecule has 0 aromatic heterocycles. The molecule has 0 aliphatic rings. The van der Waals surface area contributed by atoms with E-state index in [1.54, 1.807) is 12.2 Å². The Kier molecular flexibility index (Phi) is 6.90. The number of benzene rings is 1. The molecule has 0 amide bonds. The topological polar surface area (TPSA) is 67.2 Å². The number of nitrogens with zero attached hydrogens (tertiary/aromatic N) is 1. The number of allylic oxidation sites excluding steroid dienone is 1. The van der Waals surface area contributed by atoms with Gasteiger partial charge in [-0.05, 0) is 18.4 Å². The number of carbonyl (C=O) groups excluding carboxylic acids is 2. The lowest BCUT2D eigenvalue weighted by Gasteiger charge is -2.20. The highest BCUT2D eigenvalue weighted by molar-refractivity contribution is 5.82. The van der Waals surface area contributed by atoms with Crippen LogP contribution in [0.25, 0.3) is 0 Å². The Balaban J connectivity index is 2.81. The molecule has 1 rings (SSSR count). The highest BCUT2D eigenvalue weighted by atomic mass is 16.5. The standard InChI is InChI=1S/C17H19NO3/c1-2-3-10-17(14-18,11-7-12-19)16(20)21-13-15-8-5-4-6-9-15/h3-6,8-10,12H,2,7,11,13H2,1H3/b10-3+. The van der Waals surface area contributed by atoms with Gasteiger partial charge >= 0.3 is 5.97 Å². The minimum Gasteiger partial charge on any atom is -0.459 e. The van der Waals surface area contributed by atoms with Crippen LogP contribution >= 0.6 is 0 Å². The van der Waals surface area contributed by atoms with Crippen LogP contribution in [0.3, 0.4) is 0 Å². The first-order valence-corrected chi connectivity index (χ1v) is 6.92. The number of esters is 1. The summed E-state index contributed by atoms with van der Waals surface area (Å²) in [6, 6.07) is 11.3. The quantitative estimate of drug-likeness (QED) is 0.418. The average molecular weight is 285 g/mol. The number of aldehydes is 1. The van der Waals surface area contributed by atoms with Crippen LogP contribution < -0.4 is 0 Å². The van der Waals surface area contributed by atoms with Gasteiger partial charge in [0.05, 0.1) is 6.07 Å². The van der Waals surface area contributed by atoms with E-state index in [1.165, 1.54) is 0 Å². The van der Waals surface area contributed by atoms with E-state index in [1.807, 2.05) is 43.3 Å². The second-order valence-electron chi connectivity index (χ2n) is 4.66. The van der Waals surface area contributed by atoms with Crippen LogP contribution in [-0.2, 0) is 20.9 Å². The second-order valence-corrected chi connectivity index (χ2v) is 4.66. The summed E-state index contributed by atoms with van der Waals surface area (Å²) in [7, 11) is 0. The number of nitriles is 1. The van der Waals surface area contributed by atoms with E-state index in [4.69, 9.17) is 4.74 Å². The zero-order chi connectivity index (χ0) is 15.6. The fraction of sp³-hybridized carbons (Fsp3) is 0.353. The Hall–Kier alpha value is -2.41. The van der Waals surface area contributed by atoms with Gasteiger partial charge in [-0.25, -0.2) is 4.79 Å². The molecule has 4 nitrogen and oxygen atoms in total. The van der Waals surface area contributed by atoms with Crippen LogP contribution in [-0.4, -0.2) is 12.3 Å². The molecule has 4 heteroatoms. The molecule has 110 valence electrons. The van der Waals surface area contributed by atoms with Gasteiger partial charge in [0, 0.05) is 6.42 Å². The fourth-order valence-corrected chi connectivity index (χ4v) is 1.85. The first-order valence-electron chi connectivity index (χ1n) is 6.92. The molecule has 0 N–H and O–H groups in total. The van der Waals surface area contributed by atoms with Gasteiger partial charge in [0.25, 0.3) is 0 Å². The molecular weight excluding hydrogens is 266 g/mol. The summed E-state index contributed by atoms with van der Waals surface area (Å²) < 4.78 is 5.25. The molecule has 1 unspecified atom stereocenters. The molecule has 21 heavy (non-hydrogen) atoms. The van der Waals surface area contributed by atoms with Gasteiger partial charge in [0.15, 0.2) is 5.41 Å². The fourth-order valence-electron chi connectivity index (χ4n) is 1.85.